The van der Waals surface area contributed by atoms with Gasteiger partial charge in [-0.25, -0.2) is 4.39 Å². The molecule has 0 aliphatic carbocycles. The first-order valence-corrected chi connectivity index (χ1v) is 6.06. The maximum Gasteiger partial charge on any atom is 0.267 e. The summed E-state index contributed by atoms with van der Waals surface area (Å²) in [6.07, 6.45) is 0.191. The lowest BCUT2D eigenvalue weighted by Gasteiger charge is -2.34. The van der Waals surface area contributed by atoms with E-state index in [9.17, 15) is 9.18 Å². The van der Waals surface area contributed by atoms with Gasteiger partial charge in [-0.05, 0) is 25.5 Å². The summed E-state index contributed by atoms with van der Waals surface area (Å²) in [4.78, 5) is 13.6. The molecule has 5 heteroatoms. The highest BCUT2D eigenvalue weighted by Gasteiger charge is 2.32. The van der Waals surface area contributed by atoms with Crippen LogP contribution in [0.4, 0.5) is 10.1 Å². The van der Waals surface area contributed by atoms with Gasteiger partial charge in [-0.2, -0.15) is 0 Å². The summed E-state index contributed by atoms with van der Waals surface area (Å²) in [5.74, 6) is -0.0569. The topological polar surface area (TPSA) is 55.6 Å². The van der Waals surface area contributed by atoms with Gasteiger partial charge in [0.15, 0.2) is 6.10 Å². The Morgan fingerprint density at radius 2 is 2.28 bits per heavy atom. The average molecular weight is 252 g/mol. The van der Waals surface area contributed by atoms with E-state index in [4.69, 9.17) is 10.5 Å². The molecule has 98 valence electrons. The molecule has 0 aromatic heterocycles. The highest BCUT2D eigenvalue weighted by molar-refractivity contribution is 5.99. The number of hydrogen-bond donors (Lipinski definition) is 1. The van der Waals surface area contributed by atoms with Crippen molar-refractivity contribution < 1.29 is 13.9 Å². The monoisotopic (exact) mass is 252 g/mol. The summed E-state index contributed by atoms with van der Waals surface area (Å²) in [6, 6.07) is 4.04. The van der Waals surface area contributed by atoms with Crippen LogP contribution in [0.5, 0.6) is 5.75 Å². The van der Waals surface area contributed by atoms with E-state index in [2.05, 4.69) is 0 Å². The van der Waals surface area contributed by atoms with Gasteiger partial charge in [-0.3, -0.25) is 4.79 Å². The molecule has 0 radical (unpaired) electrons. The fourth-order valence-corrected chi connectivity index (χ4v) is 1.93. The van der Waals surface area contributed by atoms with Gasteiger partial charge < -0.3 is 15.4 Å². The summed E-state index contributed by atoms with van der Waals surface area (Å²) in [7, 11) is 0. The average Bonchev–Trinajstić information content (AvgIpc) is 2.35. The quantitative estimate of drug-likeness (QED) is 0.890. The van der Waals surface area contributed by atoms with Crippen molar-refractivity contribution in [3.8, 4) is 5.75 Å². The maximum absolute atomic E-state index is 13.3. The Bertz CT molecular complexity index is 464. The molecule has 2 rings (SSSR count). The Kier molecular flexibility index (Phi) is 3.52. The third-order valence-electron chi connectivity index (χ3n) is 3.07. The van der Waals surface area contributed by atoms with Gasteiger partial charge >= 0.3 is 0 Å². The lowest BCUT2D eigenvalue weighted by molar-refractivity contribution is -0.125. The van der Waals surface area contributed by atoms with Gasteiger partial charge in [0.1, 0.15) is 11.6 Å². The van der Waals surface area contributed by atoms with Crippen LogP contribution >= 0.6 is 0 Å². The van der Waals surface area contributed by atoms with Crippen LogP contribution < -0.4 is 15.4 Å². The molecule has 18 heavy (non-hydrogen) atoms. The second-order valence-electron chi connectivity index (χ2n) is 4.49. The lowest BCUT2D eigenvalue weighted by Crippen LogP contribution is -2.49. The van der Waals surface area contributed by atoms with Crippen molar-refractivity contribution in [2.75, 3.05) is 11.4 Å². The Labute approximate surface area is 106 Å². The van der Waals surface area contributed by atoms with Crippen molar-refractivity contribution in [3.05, 3.63) is 24.0 Å². The van der Waals surface area contributed by atoms with Gasteiger partial charge in [-0.15, -0.1) is 0 Å². The van der Waals surface area contributed by atoms with Gasteiger partial charge in [0.2, 0.25) is 0 Å². The van der Waals surface area contributed by atoms with E-state index >= 15 is 0 Å². The van der Waals surface area contributed by atoms with E-state index in [1.54, 1.807) is 6.92 Å². The summed E-state index contributed by atoms with van der Waals surface area (Å²) in [5, 5.41) is 0. The number of amides is 1. The van der Waals surface area contributed by atoms with Crippen molar-refractivity contribution in [2.24, 2.45) is 5.73 Å². The van der Waals surface area contributed by atoms with E-state index < -0.39 is 11.9 Å². The van der Waals surface area contributed by atoms with Crippen molar-refractivity contribution in [2.45, 2.75) is 32.4 Å². The first-order valence-electron chi connectivity index (χ1n) is 6.06. The predicted octanol–water partition coefficient (Wildman–Crippen LogP) is 1.68. The highest BCUT2D eigenvalue weighted by atomic mass is 19.1. The van der Waals surface area contributed by atoms with Crippen molar-refractivity contribution in [1.29, 1.82) is 0 Å². The van der Waals surface area contributed by atoms with Gasteiger partial charge in [-0.1, -0.05) is 6.92 Å². The van der Waals surface area contributed by atoms with E-state index in [1.165, 1.54) is 23.1 Å². The Balaban J connectivity index is 2.37. The van der Waals surface area contributed by atoms with Crippen LogP contribution in [0, 0.1) is 5.82 Å². The summed E-state index contributed by atoms with van der Waals surface area (Å²) in [6.45, 7) is 4.00. The normalized spacial score (nSPS) is 20.3. The molecule has 2 unspecified atom stereocenters. The third-order valence-corrected chi connectivity index (χ3v) is 3.07. The van der Waals surface area contributed by atoms with Crippen LogP contribution in [0.15, 0.2) is 18.2 Å². The second-order valence-corrected chi connectivity index (χ2v) is 4.49. The number of benzene rings is 1. The molecule has 0 bridgehead atoms. The molecule has 1 aliphatic rings. The third kappa shape index (κ3) is 2.31. The molecular formula is C13H17FN2O2. The number of carbonyl (C=O) groups is 1. The van der Waals surface area contributed by atoms with Crippen molar-refractivity contribution in [3.63, 3.8) is 0 Å². The fourth-order valence-electron chi connectivity index (χ4n) is 1.93. The number of nitrogens with zero attached hydrogens (tertiary/aromatic N) is 1. The summed E-state index contributed by atoms with van der Waals surface area (Å²) in [5.41, 5.74) is 6.34. The molecule has 0 fully saturated rings. The first kappa shape index (κ1) is 12.8. The first-order chi connectivity index (χ1) is 8.52. The number of nitrogens with two attached hydrogens (primary N) is 1. The molecule has 1 aromatic rings. The number of fused-ring (bicyclic) bond motifs is 1. The Hall–Kier alpha value is -1.62. The SMILES string of the molecule is CCC(N)CN1C(=O)C(C)Oc2ccc(F)cc21. The van der Waals surface area contributed by atoms with Crippen LogP contribution in [-0.4, -0.2) is 24.6 Å². The Morgan fingerprint density at radius 1 is 1.56 bits per heavy atom. The molecule has 1 aromatic carbocycles. The molecule has 1 heterocycles. The molecule has 2 N–H and O–H groups in total. The number of halogens is 1. The second kappa shape index (κ2) is 4.94. The van der Waals surface area contributed by atoms with E-state index in [-0.39, 0.29) is 11.9 Å². The van der Waals surface area contributed by atoms with Gasteiger partial charge in [0, 0.05) is 18.7 Å². The molecule has 0 spiro atoms. The lowest BCUT2D eigenvalue weighted by atomic mass is 10.1. The van der Waals surface area contributed by atoms with Crippen molar-refractivity contribution >= 4 is 11.6 Å². The predicted molar refractivity (Wildman–Crippen MR) is 67.1 cm³/mol. The molecule has 1 amide bonds. The number of anilines is 1. The molecule has 1 aliphatic heterocycles. The largest absolute Gasteiger partial charge is 0.479 e. The number of hydrogen-bond acceptors (Lipinski definition) is 3. The molecule has 2 atom stereocenters. The zero-order valence-electron chi connectivity index (χ0n) is 10.5. The summed E-state index contributed by atoms with van der Waals surface area (Å²) >= 11 is 0. The minimum Gasteiger partial charge on any atom is -0.479 e. The molecule has 0 saturated carbocycles. The minimum absolute atomic E-state index is 0.129. The van der Waals surface area contributed by atoms with Crippen LogP contribution in [0.2, 0.25) is 0 Å². The van der Waals surface area contributed by atoms with Gasteiger partial charge in [0.25, 0.3) is 5.91 Å². The number of carbonyl (C=O) groups excluding carboxylic acids is 1. The van der Waals surface area contributed by atoms with E-state index in [0.717, 1.165) is 6.42 Å². The zero-order valence-corrected chi connectivity index (χ0v) is 10.5. The van der Waals surface area contributed by atoms with Crippen LogP contribution in [-0.2, 0) is 4.79 Å². The van der Waals surface area contributed by atoms with E-state index in [0.29, 0.717) is 18.0 Å². The van der Waals surface area contributed by atoms with Crippen LogP contribution in [0.25, 0.3) is 0 Å². The minimum atomic E-state index is -0.563. The molecule has 0 saturated heterocycles. The van der Waals surface area contributed by atoms with Gasteiger partial charge in [0.05, 0.1) is 5.69 Å². The molecular weight excluding hydrogens is 235 g/mol. The highest BCUT2D eigenvalue weighted by Crippen LogP contribution is 2.34. The number of ether oxygens (including phenoxy) is 1. The summed E-state index contributed by atoms with van der Waals surface area (Å²) < 4.78 is 18.7. The van der Waals surface area contributed by atoms with E-state index in [1.807, 2.05) is 6.92 Å². The zero-order chi connectivity index (χ0) is 13.3. The Morgan fingerprint density at radius 3 is 2.94 bits per heavy atom. The molecule has 4 nitrogen and oxygen atoms in total. The van der Waals surface area contributed by atoms with Crippen LogP contribution in [0.1, 0.15) is 20.3 Å². The van der Waals surface area contributed by atoms with Crippen LogP contribution in [0.3, 0.4) is 0 Å². The fraction of sp³-hybridized carbons (Fsp3) is 0.462. The van der Waals surface area contributed by atoms with Crippen molar-refractivity contribution in [1.82, 2.24) is 0 Å². The standard InChI is InChI=1S/C13H17FN2O2/c1-3-10(15)7-16-11-6-9(14)4-5-12(11)18-8(2)13(16)17/h4-6,8,10H,3,7,15H2,1-2H3. The maximum atomic E-state index is 13.3. The smallest absolute Gasteiger partial charge is 0.267 e. The number of rotatable bonds is 3.